The van der Waals surface area contributed by atoms with Gasteiger partial charge in [0.1, 0.15) is 0 Å². The average Bonchev–Trinajstić information content (AvgIpc) is 2.98. The van der Waals surface area contributed by atoms with Gasteiger partial charge in [0, 0.05) is 17.9 Å². The molecule has 122 valence electrons. The number of nitrogens with zero attached hydrogens (tertiary/aromatic N) is 1. The number of amides is 1. The van der Waals surface area contributed by atoms with Crippen molar-refractivity contribution in [2.45, 2.75) is 52.6 Å². The minimum atomic E-state index is 0.157. The Kier molecular flexibility index (Phi) is 3.40. The summed E-state index contributed by atoms with van der Waals surface area (Å²) in [6.45, 7) is 7.72. The lowest BCUT2D eigenvalue weighted by molar-refractivity contribution is -0.132. The van der Waals surface area contributed by atoms with Crippen molar-refractivity contribution in [3.63, 3.8) is 0 Å². The van der Waals surface area contributed by atoms with E-state index in [0.717, 1.165) is 13.0 Å². The van der Waals surface area contributed by atoms with E-state index >= 15 is 0 Å². The Labute approximate surface area is 139 Å². The molecule has 23 heavy (non-hydrogen) atoms. The molecule has 2 aliphatic carbocycles. The first-order chi connectivity index (χ1) is 11.0. The minimum absolute atomic E-state index is 0.157. The van der Waals surface area contributed by atoms with Crippen molar-refractivity contribution in [2.24, 2.45) is 23.2 Å². The van der Waals surface area contributed by atoms with Crippen molar-refractivity contribution in [1.29, 1.82) is 0 Å². The van der Waals surface area contributed by atoms with Gasteiger partial charge in [-0.15, -0.1) is 0 Å². The lowest BCUT2D eigenvalue weighted by atomic mass is 9.64. The molecule has 1 saturated heterocycles. The minimum Gasteiger partial charge on any atom is -0.331 e. The van der Waals surface area contributed by atoms with E-state index in [1.807, 2.05) is 6.07 Å². The van der Waals surface area contributed by atoms with E-state index < -0.39 is 0 Å². The number of hydrogen-bond donors (Lipinski definition) is 0. The number of carbonyl (C=O) groups is 1. The van der Waals surface area contributed by atoms with E-state index in [1.165, 1.54) is 18.4 Å². The van der Waals surface area contributed by atoms with Crippen LogP contribution >= 0.6 is 0 Å². The van der Waals surface area contributed by atoms with Crippen molar-refractivity contribution in [2.75, 3.05) is 0 Å². The highest BCUT2D eigenvalue weighted by Gasteiger charge is 2.62. The molecule has 1 aliphatic heterocycles. The lowest BCUT2D eigenvalue weighted by Crippen LogP contribution is -2.43. The van der Waals surface area contributed by atoms with Gasteiger partial charge < -0.3 is 4.90 Å². The van der Waals surface area contributed by atoms with Gasteiger partial charge in [0.05, 0.1) is 6.04 Å². The van der Waals surface area contributed by atoms with Crippen LogP contribution in [0, 0.1) is 23.2 Å². The summed E-state index contributed by atoms with van der Waals surface area (Å²) in [6, 6.07) is 10.7. The molecule has 1 aromatic carbocycles. The van der Waals surface area contributed by atoms with Gasteiger partial charge >= 0.3 is 0 Å². The topological polar surface area (TPSA) is 20.3 Å². The molecular formula is C21H27NO. The number of hydrogen-bond acceptors (Lipinski definition) is 1. The maximum atomic E-state index is 13.1. The summed E-state index contributed by atoms with van der Waals surface area (Å²) >= 11 is 0. The van der Waals surface area contributed by atoms with Crippen molar-refractivity contribution in [1.82, 2.24) is 4.90 Å². The predicted molar refractivity (Wildman–Crippen MR) is 92.6 cm³/mol. The van der Waals surface area contributed by atoms with Gasteiger partial charge in [-0.1, -0.05) is 62.8 Å². The molecule has 0 unspecified atom stereocenters. The quantitative estimate of drug-likeness (QED) is 0.757. The monoisotopic (exact) mass is 309 g/mol. The zero-order chi connectivity index (χ0) is 16.2. The maximum absolute atomic E-state index is 13.1. The molecule has 2 nitrogen and oxygen atoms in total. The summed E-state index contributed by atoms with van der Waals surface area (Å²) in [5.74, 6) is 1.91. The third-order valence-corrected chi connectivity index (χ3v) is 6.78. The first-order valence-electron chi connectivity index (χ1n) is 9.06. The molecule has 1 heterocycles. The van der Waals surface area contributed by atoms with Gasteiger partial charge in [-0.05, 0) is 36.7 Å². The number of likely N-dealkylation sites (tertiary alicyclic amines) is 1. The molecule has 0 N–H and O–H groups in total. The fourth-order valence-corrected chi connectivity index (χ4v) is 5.32. The van der Waals surface area contributed by atoms with Gasteiger partial charge in [0.25, 0.3) is 0 Å². The van der Waals surface area contributed by atoms with E-state index in [9.17, 15) is 4.79 Å². The van der Waals surface area contributed by atoms with Gasteiger partial charge in [-0.3, -0.25) is 4.79 Å². The van der Waals surface area contributed by atoms with Gasteiger partial charge in [0.2, 0.25) is 5.91 Å². The fraction of sp³-hybridized carbons (Fsp3) is 0.571. The Hall–Kier alpha value is -1.57. The van der Waals surface area contributed by atoms with Gasteiger partial charge in [-0.2, -0.15) is 0 Å². The molecule has 0 bridgehead atoms. The molecule has 0 radical (unpaired) electrons. The highest BCUT2D eigenvalue weighted by Crippen LogP contribution is 2.61. The molecule has 4 atom stereocenters. The van der Waals surface area contributed by atoms with Crippen LogP contribution < -0.4 is 0 Å². The van der Waals surface area contributed by atoms with Crippen LogP contribution in [-0.2, 0) is 11.3 Å². The third-order valence-electron chi connectivity index (χ3n) is 6.78. The Morgan fingerprint density at radius 3 is 2.65 bits per heavy atom. The Balaban J connectivity index is 1.73. The largest absolute Gasteiger partial charge is 0.331 e. The zero-order valence-electron chi connectivity index (χ0n) is 14.5. The maximum Gasteiger partial charge on any atom is 0.227 e. The highest BCUT2D eigenvalue weighted by atomic mass is 16.2. The van der Waals surface area contributed by atoms with Crippen LogP contribution in [0.4, 0.5) is 0 Å². The second-order valence-electron chi connectivity index (χ2n) is 8.19. The lowest BCUT2D eigenvalue weighted by Gasteiger charge is -2.43. The molecule has 1 amide bonds. The number of allylic oxidation sites excluding steroid dienone is 1. The smallest absolute Gasteiger partial charge is 0.227 e. The molecule has 1 aromatic rings. The Morgan fingerprint density at radius 1 is 1.22 bits per heavy atom. The van der Waals surface area contributed by atoms with Crippen LogP contribution in [-0.4, -0.2) is 16.8 Å². The summed E-state index contributed by atoms with van der Waals surface area (Å²) in [6.07, 6.45) is 5.97. The summed E-state index contributed by atoms with van der Waals surface area (Å²) in [4.78, 5) is 15.3. The summed E-state index contributed by atoms with van der Waals surface area (Å²) in [5, 5.41) is 0. The van der Waals surface area contributed by atoms with Crippen molar-refractivity contribution >= 4 is 5.91 Å². The number of benzene rings is 1. The fourth-order valence-electron chi connectivity index (χ4n) is 5.32. The van der Waals surface area contributed by atoms with E-state index in [4.69, 9.17) is 0 Å². The first-order valence-corrected chi connectivity index (χ1v) is 9.06. The predicted octanol–water partition coefficient (Wildman–Crippen LogP) is 4.42. The Bertz CT molecular complexity index is 647. The molecule has 2 heteroatoms. The van der Waals surface area contributed by atoms with Crippen LogP contribution in [0.5, 0.6) is 0 Å². The van der Waals surface area contributed by atoms with E-state index in [1.54, 1.807) is 5.57 Å². The van der Waals surface area contributed by atoms with Crippen LogP contribution in [0.15, 0.2) is 42.0 Å². The van der Waals surface area contributed by atoms with Crippen LogP contribution in [0.3, 0.4) is 0 Å². The third kappa shape index (κ3) is 2.10. The molecule has 1 saturated carbocycles. The zero-order valence-corrected chi connectivity index (χ0v) is 14.5. The summed E-state index contributed by atoms with van der Waals surface area (Å²) in [5.41, 5.74) is 2.96. The van der Waals surface area contributed by atoms with Crippen molar-refractivity contribution < 1.29 is 4.79 Å². The van der Waals surface area contributed by atoms with Crippen LogP contribution in [0.25, 0.3) is 0 Å². The second kappa shape index (κ2) is 5.22. The van der Waals surface area contributed by atoms with Crippen molar-refractivity contribution in [3.05, 3.63) is 47.5 Å². The highest BCUT2D eigenvalue weighted by molar-refractivity contribution is 5.84. The van der Waals surface area contributed by atoms with Gasteiger partial charge in [-0.25, -0.2) is 0 Å². The van der Waals surface area contributed by atoms with Gasteiger partial charge in [0.15, 0.2) is 0 Å². The van der Waals surface area contributed by atoms with E-state index in [0.29, 0.717) is 23.8 Å². The van der Waals surface area contributed by atoms with E-state index in [-0.39, 0.29) is 11.3 Å². The van der Waals surface area contributed by atoms with Crippen molar-refractivity contribution in [3.8, 4) is 0 Å². The molecule has 0 aromatic heterocycles. The number of carbonyl (C=O) groups excluding carboxylic acids is 1. The average molecular weight is 309 g/mol. The normalized spacial score (nSPS) is 35.7. The van der Waals surface area contributed by atoms with Crippen LogP contribution in [0.1, 0.15) is 45.6 Å². The Morgan fingerprint density at radius 2 is 1.96 bits per heavy atom. The van der Waals surface area contributed by atoms with E-state index in [2.05, 4.69) is 56.0 Å². The molecule has 4 rings (SSSR count). The molecule has 2 fully saturated rings. The SMILES string of the molecule is CC(C)C1=C[C@@H]2N(Cc3ccccc3)C(=O)[C@H]3CC[C@@H](C1)[C@]32C. The first kappa shape index (κ1) is 15.0. The summed E-state index contributed by atoms with van der Waals surface area (Å²) < 4.78 is 0. The molecular weight excluding hydrogens is 282 g/mol. The number of rotatable bonds is 3. The standard InChI is InChI=1S/C21H27NO/c1-14(2)16-11-17-9-10-18-20(23)22(19(12-16)21(17,18)3)13-15-7-5-4-6-8-15/h4-8,12,14,17-19H,9-11,13H2,1-3H3/t17-,18+,19-,21+/m0/s1. The second-order valence-corrected chi connectivity index (χ2v) is 8.19. The molecule has 3 aliphatic rings. The van der Waals surface area contributed by atoms with Crippen LogP contribution in [0.2, 0.25) is 0 Å². The molecule has 0 spiro atoms. The summed E-state index contributed by atoms with van der Waals surface area (Å²) in [7, 11) is 0.